The average Bonchev–Trinajstić information content (AvgIpc) is 2.68. The molecule has 0 amide bonds. The van der Waals surface area contributed by atoms with Crippen molar-refractivity contribution in [3.63, 3.8) is 0 Å². The lowest BCUT2D eigenvalue weighted by atomic mass is 10.0. The molecule has 0 saturated heterocycles. The van der Waals surface area contributed by atoms with Crippen molar-refractivity contribution in [3.05, 3.63) is 37.8 Å². The number of nitro groups is 1. The molecule has 0 unspecified atom stereocenters. The second-order valence-corrected chi connectivity index (χ2v) is 5.07. The molecule has 0 fully saturated rings. The number of rotatable bonds is 3. The monoisotopic (exact) mass is 294 g/mol. The summed E-state index contributed by atoms with van der Waals surface area (Å²) in [6, 6.07) is 0. The van der Waals surface area contributed by atoms with Crippen LogP contribution in [0.25, 0.3) is 0 Å². The van der Waals surface area contributed by atoms with E-state index in [9.17, 15) is 20.1 Å². The minimum Gasteiger partial charge on any atom is -0.618 e. The minimum absolute atomic E-state index is 0.0424. The highest BCUT2D eigenvalue weighted by molar-refractivity contribution is 5.95. The van der Waals surface area contributed by atoms with E-state index in [1.165, 1.54) is 6.92 Å². The first-order valence-corrected chi connectivity index (χ1v) is 7.08. The SMILES string of the molecule is CCOC(=O)c1c([N+](=O)[O-])c2c([n+]([O-])c1C)CCCCC2. The fourth-order valence-electron chi connectivity index (χ4n) is 2.82. The topological polar surface area (TPSA) is 96.4 Å². The summed E-state index contributed by atoms with van der Waals surface area (Å²) in [5.41, 5.74) is 0.388. The molecule has 0 radical (unpaired) electrons. The van der Waals surface area contributed by atoms with Crippen molar-refractivity contribution in [2.75, 3.05) is 6.61 Å². The number of ether oxygens (including phenoxy) is 1. The van der Waals surface area contributed by atoms with Crippen molar-refractivity contribution < 1.29 is 19.2 Å². The van der Waals surface area contributed by atoms with Gasteiger partial charge >= 0.3 is 5.97 Å². The first-order chi connectivity index (χ1) is 9.99. The minimum atomic E-state index is -0.807. The Hall–Kier alpha value is -2.18. The fourth-order valence-corrected chi connectivity index (χ4v) is 2.82. The van der Waals surface area contributed by atoms with E-state index >= 15 is 0 Å². The van der Waals surface area contributed by atoms with Crippen LogP contribution in [0.1, 0.15) is 53.5 Å². The Labute approximate surface area is 122 Å². The third kappa shape index (κ3) is 2.68. The molecule has 0 N–H and O–H groups in total. The van der Waals surface area contributed by atoms with Crippen molar-refractivity contribution in [1.82, 2.24) is 0 Å². The normalized spacial score (nSPS) is 14.2. The van der Waals surface area contributed by atoms with E-state index < -0.39 is 10.9 Å². The van der Waals surface area contributed by atoms with Gasteiger partial charge in [-0.05, 0) is 26.2 Å². The van der Waals surface area contributed by atoms with Crippen LogP contribution in [0.15, 0.2) is 0 Å². The van der Waals surface area contributed by atoms with E-state index in [-0.39, 0.29) is 23.6 Å². The largest absolute Gasteiger partial charge is 0.618 e. The number of aromatic nitrogens is 1. The summed E-state index contributed by atoms with van der Waals surface area (Å²) in [5, 5.41) is 23.8. The molecule has 1 aliphatic carbocycles. The molecule has 0 aromatic carbocycles. The van der Waals surface area contributed by atoms with E-state index in [2.05, 4.69) is 0 Å². The molecule has 1 aliphatic rings. The van der Waals surface area contributed by atoms with Gasteiger partial charge in [-0.3, -0.25) is 10.1 Å². The van der Waals surface area contributed by atoms with Crippen LogP contribution in [0, 0.1) is 22.2 Å². The lowest BCUT2D eigenvalue weighted by molar-refractivity contribution is -0.622. The van der Waals surface area contributed by atoms with Crippen molar-refractivity contribution in [2.45, 2.75) is 46.0 Å². The maximum Gasteiger partial charge on any atom is 0.351 e. The quantitative estimate of drug-likeness (QED) is 0.212. The van der Waals surface area contributed by atoms with Crippen LogP contribution in [0.3, 0.4) is 0 Å². The molecular formula is C14H18N2O5. The summed E-state index contributed by atoms with van der Waals surface area (Å²) in [7, 11) is 0. The molecule has 0 saturated carbocycles. The summed E-state index contributed by atoms with van der Waals surface area (Å²) in [6.45, 7) is 3.15. The molecule has 114 valence electrons. The number of esters is 1. The zero-order chi connectivity index (χ0) is 15.6. The molecule has 1 aromatic rings. The summed E-state index contributed by atoms with van der Waals surface area (Å²) in [4.78, 5) is 22.9. The van der Waals surface area contributed by atoms with Crippen LogP contribution in [0.5, 0.6) is 0 Å². The van der Waals surface area contributed by atoms with Gasteiger partial charge in [0.05, 0.1) is 17.1 Å². The molecule has 21 heavy (non-hydrogen) atoms. The van der Waals surface area contributed by atoms with Gasteiger partial charge in [-0.2, -0.15) is 4.73 Å². The van der Waals surface area contributed by atoms with Gasteiger partial charge in [0.2, 0.25) is 17.0 Å². The maximum atomic E-state index is 12.4. The van der Waals surface area contributed by atoms with Gasteiger partial charge in [0.25, 0.3) is 5.69 Å². The molecule has 0 spiro atoms. The Bertz CT molecular complexity index is 598. The van der Waals surface area contributed by atoms with Gasteiger partial charge in [0, 0.05) is 13.3 Å². The number of nitrogens with zero attached hydrogens (tertiary/aromatic N) is 2. The molecule has 0 aliphatic heterocycles. The lowest BCUT2D eigenvalue weighted by Crippen LogP contribution is -2.39. The molecule has 1 heterocycles. The Morgan fingerprint density at radius 1 is 1.33 bits per heavy atom. The highest BCUT2D eigenvalue weighted by Gasteiger charge is 2.37. The highest BCUT2D eigenvalue weighted by atomic mass is 16.6. The molecule has 0 atom stereocenters. The third-order valence-electron chi connectivity index (χ3n) is 3.79. The van der Waals surface area contributed by atoms with E-state index in [1.54, 1.807) is 6.92 Å². The summed E-state index contributed by atoms with van der Waals surface area (Å²) in [6.07, 6.45) is 3.47. The van der Waals surface area contributed by atoms with Gasteiger partial charge in [-0.15, -0.1) is 0 Å². The fraction of sp³-hybridized carbons (Fsp3) is 0.571. The van der Waals surface area contributed by atoms with Gasteiger partial charge in [-0.1, -0.05) is 6.42 Å². The molecule has 1 aromatic heterocycles. The average molecular weight is 294 g/mol. The van der Waals surface area contributed by atoms with Crippen LogP contribution < -0.4 is 4.73 Å². The number of pyridine rings is 1. The Morgan fingerprint density at radius 3 is 2.62 bits per heavy atom. The molecule has 7 nitrogen and oxygen atoms in total. The second-order valence-electron chi connectivity index (χ2n) is 5.07. The Kier molecular flexibility index (Phi) is 4.40. The van der Waals surface area contributed by atoms with Gasteiger partial charge in [0.1, 0.15) is 0 Å². The Morgan fingerprint density at radius 2 is 2.00 bits per heavy atom. The van der Waals surface area contributed by atoms with Crippen LogP contribution in [-0.2, 0) is 17.6 Å². The zero-order valence-corrected chi connectivity index (χ0v) is 12.2. The van der Waals surface area contributed by atoms with Gasteiger partial charge in [0.15, 0.2) is 0 Å². The van der Waals surface area contributed by atoms with Crippen molar-refractivity contribution >= 4 is 11.7 Å². The van der Waals surface area contributed by atoms with Crippen molar-refractivity contribution in [1.29, 1.82) is 0 Å². The highest BCUT2D eigenvalue weighted by Crippen LogP contribution is 2.32. The van der Waals surface area contributed by atoms with Crippen LogP contribution >= 0.6 is 0 Å². The van der Waals surface area contributed by atoms with E-state index in [4.69, 9.17) is 4.74 Å². The number of fused-ring (bicyclic) bond motifs is 1. The third-order valence-corrected chi connectivity index (χ3v) is 3.79. The van der Waals surface area contributed by atoms with Crippen LogP contribution in [0.4, 0.5) is 5.69 Å². The van der Waals surface area contributed by atoms with Gasteiger partial charge in [-0.25, -0.2) is 4.79 Å². The predicted molar refractivity (Wildman–Crippen MR) is 74.0 cm³/mol. The van der Waals surface area contributed by atoms with E-state index in [0.29, 0.717) is 28.8 Å². The molecule has 2 rings (SSSR count). The summed E-state index contributed by atoms with van der Waals surface area (Å²) < 4.78 is 5.55. The maximum absolute atomic E-state index is 12.4. The van der Waals surface area contributed by atoms with E-state index in [0.717, 1.165) is 19.3 Å². The van der Waals surface area contributed by atoms with Crippen molar-refractivity contribution in [2.24, 2.45) is 0 Å². The number of carbonyl (C=O) groups is 1. The first kappa shape index (κ1) is 15.2. The molecule has 0 bridgehead atoms. The number of carbonyl (C=O) groups excluding carboxylic acids is 1. The lowest BCUT2D eigenvalue weighted by Gasteiger charge is -2.14. The number of hydrogen-bond acceptors (Lipinski definition) is 5. The Balaban J connectivity index is 2.75. The smallest absolute Gasteiger partial charge is 0.351 e. The number of hydrogen-bond donors (Lipinski definition) is 0. The van der Waals surface area contributed by atoms with Crippen LogP contribution in [-0.4, -0.2) is 17.5 Å². The second kappa shape index (κ2) is 6.07. The molecular weight excluding hydrogens is 276 g/mol. The van der Waals surface area contributed by atoms with E-state index in [1.807, 2.05) is 0 Å². The van der Waals surface area contributed by atoms with Crippen molar-refractivity contribution in [3.8, 4) is 0 Å². The van der Waals surface area contributed by atoms with Gasteiger partial charge < -0.3 is 9.94 Å². The summed E-state index contributed by atoms with van der Waals surface area (Å²) >= 11 is 0. The van der Waals surface area contributed by atoms with Crippen LogP contribution in [0.2, 0.25) is 0 Å². The zero-order valence-electron chi connectivity index (χ0n) is 12.2. The predicted octanol–water partition coefficient (Wildman–Crippen LogP) is 1.98. The first-order valence-electron chi connectivity index (χ1n) is 7.08. The molecule has 7 heteroatoms. The standard InChI is InChI=1S/C14H18N2O5/c1-3-21-14(17)12-9(2)15(18)11-8-6-4-5-7-10(11)13(12)16(19)20/h3-8H2,1-2H3. The summed E-state index contributed by atoms with van der Waals surface area (Å²) in [5.74, 6) is -0.807.